The third kappa shape index (κ3) is 3.97. The summed E-state index contributed by atoms with van der Waals surface area (Å²) in [7, 11) is 0. The van der Waals surface area contributed by atoms with Crippen molar-refractivity contribution < 1.29 is 18.0 Å². The molecule has 0 aliphatic heterocycles. The summed E-state index contributed by atoms with van der Waals surface area (Å²) in [4.78, 5) is 16.4. The van der Waals surface area contributed by atoms with Gasteiger partial charge in [-0.1, -0.05) is 24.3 Å². The average molecular weight is 309 g/mol. The van der Waals surface area contributed by atoms with Crippen LogP contribution in [0.2, 0.25) is 0 Å². The summed E-state index contributed by atoms with van der Waals surface area (Å²) in [5, 5.41) is 2.41. The minimum atomic E-state index is -3.30. The molecule has 22 heavy (non-hydrogen) atoms. The monoisotopic (exact) mass is 309 g/mol. The Hall–Kier alpha value is -2.57. The molecule has 0 aliphatic carbocycles. The van der Waals surface area contributed by atoms with Crippen LogP contribution in [0, 0.1) is 0 Å². The number of aromatic nitrogens is 1. The highest BCUT2D eigenvalue weighted by Gasteiger charge is 2.32. The molecule has 2 rings (SSSR count). The van der Waals surface area contributed by atoms with Gasteiger partial charge in [0.15, 0.2) is 0 Å². The molecule has 116 valence electrons. The molecule has 1 aromatic carbocycles. The zero-order valence-corrected chi connectivity index (χ0v) is 11.5. The van der Waals surface area contributed by atoms with Gasteiger partial charge in [-0.2, -0.15) is 0 Å². The molecule has 1 heterocycles. The number of pyridine rings is 1. The lowest BCUT2D eigenvalue weighted by Crippen LogP contribution is -2.47. The second kappa shape index (κ2) is 7.44. The largest absolute Gasteiger partial charge is 0.333 e. The number of carbonyl (C=O) groups is 1. The van der Waals surface area contributed by atoms with Gasteiger partial charge in [-0.3, -0.25) is 9.88 Å². The van der Waals surface area contributed by atoms with Crippen molar-refractivity contribution >= 4 is 11.7 Å². The number of anilines is 1. The maximum absolute atomic E-state index is 13.8. The normalized spacial score (nSPS) is 12.0. The van der Waals surface area contributed by atoms with Crippen LogP contribution in [0.3, 0.4) is 0 Å². The van der Waals surface area contributed by atoms with Gasteiger partial charge in [-0.15, -0.1) is 0 Å². The number of nitrogens with one attached hydrogen (secondary N) is 1. The molecule has 7 heteroatoms. The number of benzene rings is 1. The highest BCUT2D eigenvalue weighted by molar-refractivity contribution is 5.92. The number of carbonyl (C=O) groups excluding carboxylic acids is 1. The number of halogens is 3. The van der Waals surface area contributed by atoms with Gasteiger partial charge in [0.1, 0.15) is 0 Å². The van der Waals surface area contributed by atoms with E-state index >= 15 is 0 Å². The lowest BCUT2D eigenvalue weighted by Gasteiger charge is -2.26. The maximum Gasteiger partial charge on any atom is 0.324 e. The fourth-order valence-electron chi connectivity index (χ4n) is 1.84. The third-order valence-corrected chi connectivity index (χ3v) is 2.87. The van der Waals surface area contributed by atoms with Crippen LogP contribution in [0.4, 0.5) is 23.7 Å². The molecule has 0 saturated carbocycles. The van der Waals surface area contributed by atoms with E-state index in [4.69, 9.17) is 0 Å². The number of hydrogen-bond acceptors (Lipinski definition) is 2. The SMILES string of the molecule is O=C(NCc1cccnc1)N(c1ccccc1)C(F)C(F)F. The van der Waals surface area contributed by atoms with Crippen molar-refractivity contribution in [1.29, 1.82) is 0 Å². The molecule has 2 aromatic rings. The number of hydrogen-bond donors (Lipinski definition) is 1. The van der Waals surface area contributed by atoms with E-state index in [1.54, 1.807) is 24.4 Å². The van der Waals surface area contributed by atoms with Gasteiger partial charge in [-0.05, 0) is 23.8 Å². The van der Waals surface area contributed by atoms with Gasteiger partial charge >= 0.3 is 6.03 Å². The molecule has 1 unspecified atom stereocenters. The number of alkyl halides is 3. The molecule has 2 amide bonds. The van der Waals surface area contributed by atoms with E-state index in [2.05, 4.69) is 10.3 Å². The second-order valence-electron chi connectivity index (χ2n) is 4.43. The zero-order chi connectivity index (χ0) is 15.9. The molecule has 0 radical (unpaired) electrons. The van der Waals surface area contributed by atoms with Crippen molar-refractivity contribution in [2.75, 3.05) is 4.90 Å². The van der Waals surface area contributed by atoms with E-state index < -0.39 is 18.8 Å². The van der Waals surface area contributed by atoms with Gasteiger partial charge in [0, 0.05) is 24.6 Å². The Morgan fingerprint density at radius 1 is 1.14 bits per heavy atom. The minimum Gasteiger partial charge on any atom is -0.333 e. The molecule has 1 atom stereocenters. The van der Waals surface area contributed by atoms with E-state index in [1.807, 2.05) is 0 Å². The minimum absolute atomic E-state index is 0.0546. The first kappa shape index (κ1) is 15.8. The molecule has 0 aliphatic rings. The van der Waals surface area contributed by atoms with E-state index in [1.165, 1.54) is 30.5 Å². The molecule has 0 saturated heterocycles. The van der Waals surface area contributed by atoms with Crippen molar-refractivity contribution in [3.8, 4) is 0 Å². The predicted molar refractivity (Wildman–Crippen MR) is 76.3 cm³/mol. The highest BCUT2D eigenvalue weighted by atomic mass is 19.3. The Balaban J connectivity index is 2.13. The third-order valence-electron chi connectivity index (χ3n) is 2.87. The zero-order valence-electron chi connectivity index (χ0n) is 11.5. The number of amides is 2. The smallest absolute Gasteiger partial charge is 0.324 e. The molecule has 0 bridgehead atoms. The average Bonchev–Trinajstić information content (AvgIpc) is 2.55. The number of nitrogens with zero attached hydrogens (tertiary/aromatic N) is 2. The molecule has 0 fully saturated rings. The summed E-state index contributed by atoms with van der Waals surface area (Å²) in [5.74, 6) is 0. The van der Waals surface area contributed by atoms with Crippen LogP contribution in [0.25, 0.3) is 0 Å². The molecular weight excluding hydrogens is 295 g/mol. The van der Waals surface area contributed by atoms with Crippen LogP contribution in [0.5, 0.6) is 0 Å². The van der Waals surface area contributed by atoms with Crippen molar-refractivity contribution in [1.82, 2.24) is 10.3 Å². The first-order chi connectivity index (χ1) is 10.6. The van der Waals surface area contributed by atoms with Crippen LogP contribution >= 0.6 is 0 Å². The maximum atomic E-state index is 13.8. The fourth-order valence-corrected chi connectivity index (χ4v) is 1.84. The molecule has 0 spiro atoms. The Bertz CT molecular complexity index is 595. The van der Waals surface area contributed by atoms with Crippen LogP contribution in [0.1, 0.15) is 5.56 Å². The van der Waals surface area contributed by atoms with Crippen molar-refractivity contribution in [2.45, 2.75) is 19.3 Å². The summed E-state index contributed by atoms with van der Waals surface area (Å²) in [6, 6.07) is 9.93. The van der Waals surface area contributed by atoms with E-state index in [-0.39, 0.29) is 12.2 Å². The van der Waals surface area contributed by atoms with E-state index in [0.29, 0.717) is 10.5 Å². The van der Waals surface area contributed by atoms with Gasteiger partial charge in [-0.25, -0.2) is 18.0 Å². The summed E-state index contributed by atoms with van der Waals surface area (Å²) in [6.45, 7) is 0.0615. The molecule has 4 nitrogen and oxygen atoms in total. The predicted octanol–water partition coefficient (Wildman–Crippen LogP) is 3.36. The van der Waals surface area contributed by atoms with Crippen LogP contribution in [0.15, 0.2) is 54.9 Å². The Morgan fingerprint density at radius 2 is 1.86 bits per heavy atom. The summed E-state index contributed by atoms with van der Waals surface area (Å²) in [5.41, 5.74) is 0.732. The van der Waals surface area contributed by atoms with Crippen molar-refractivity contribution in [2.24, 2.45) is 0 Å². The first-order valence-corrected chi connectivity index (χ1v) is 6.53. The number of urea groups is 1. The molecular formula is C15H14F3N3O. The van der Waals surface area contributed by atoms with Crippen LogP contribution < -0.4 is 10.2 Å². The van der Waals surface area contributed by atoms with Gasteiger partial charge in [0.2, 0.25) is 6.30 Å². The number of rotatable bonds is 5. The number of para-hydroxylation sites is 1. The fraction of sp³-hybridized carbons (Fsp3) is 0.200. The standard InChI is InChI=1S/C15H14F3N3O/c16-13(17)14(18)21(12-6-2-1-3-7-12)15(22)20-10-11-5-4-8-19-9-11/h1-9,13-14H,10H2,(H,20,22). The Kier molecular flexibility index (Phi) is 5.35. The molecule has 1 aromatic heterocycles. The quantitative estimate of drug-likeness (QED) is 0.861. The van der Waals surface area contributed by atoms with Gasteiger partial charge in [0.05, 0.1) is 0 Å². The van der Waals surface area contributed by atoms with Gasteiger partial charge in [0.25, 0.3) is 6.43 Å². The van der Waals surface area contributed by atoms with Crippen molar-refractivity contribution in [3.05, 3.63) is 60.4 Å². The molecule has 1 N–H and O–H groups in total. The topological polar surface area (TPSA) is 45.2 Å². The van der Waals surface area contributed by atoms with Crippen LogP contribution in [-0.4, -0.2) is 23.7 Å². The Morgan fingerprint density at radius 3 is 2.45 bits per heavy atom. The van der Waals surface area contributed by atoms with Gasteiger partial charge < -0.3 is 5.32 Å². The summed E-state index contributed by atoms with van der Waals surface area (Å²) < 4.78 is 39.1. The van der Waals surface area contributed by atoms with E-state index in [0.717, 1.165) is 0 Å². The Labute approximate surface area is 125 Å². The van der Waals surface area contributed by atoms with E-state index in [9.17, 15) is 18.0 Å². The lowest BCUT2D eigenvalue weighted by atomic mass is 10.2. The van der Waals surface area contributed by atoms with Crippen LogP contribution in [-0.2, 0) is 6.54 Å². The summed E-state index contributed by atoms with van der Waals surface area (Å²) in [6.07, 6.45) is -2.94. The summed E-state index contributed by atoms with van der Waals surface area (Å²) >= 11 is 0. The first-order valence-electron chi connectivity index (χ1n) is 6.53. The lowest BCUT2D eigenvalue weighted by molar-refractivity contribution is 0.0514. The highest BCUT2D eigenvalue weighted by Crippen LogP contribution is 2.21. The van der Waals surface area contributed by atoms with Crippen molar-refractivity contribution in [3.63, 3.8) is 0 Å². The second-order valence-corrected chi connectivity index (χ2v) is 4.43.